The summed E-state index contributed by atoms with van der Waals surface area (Å²) in [6.07, 6.45) is -4.93. The van der Waals surface area contributed by atoms with Gasteiger partial charge < -0.3 is 9.47 Å². The molecule has 1 aromatic heterocycles. The number of hydrogen-bond acceptors (Lipinski definition) is 6. The Balaban J connectivity index is 1.88. The molecular formula is C17H10F3N3O4. The van der Waals surface area contributed by atoms with Gasteiger partial charge in [0, 0.05) is 17.4 Å². The molecule has 1 aliphatic heterocycles. The van der Waals surface area contributed by atoms with E-state index in [0.717, 1.165) is 0 Å². The molecule has 0 saturated carbocycles. The van der Waals surface area contributed by atoms with Gasteiger partial charge in [-0.15, -0.1) is 0 Å². The van der Waals surface area contributed by atoms with E-state index in [9.17, 15) is 23.3 Å². The van der Waals surface area contributed by atoms with E-state index >= 15 is 0 Å². The summed E-state index contributed by atoms with van der Waals surface area (Å²) in [4.78, 5) is 18.0. The molecule has 0 saturated heterocycles. The molecular weight excluding hydrogens is 367 g/mol. The molecule has 1 aliphatic rings. The summed E-state index contributed by atoms with van der Waals surface area (Å²) >= 11 is 0. The average Bonchev–Trinajstić information content (AvgIpc) is 3.07. The standard InChI is InChI=1S/C17H10F3N3O4/c18-17(19,20)16-21-11-4-2-1-3-10(11)12(22-16)5-9-6-14-15(27-8-26-14)7-13(9)23(24)25/h1-4,6-7H,5,8H2. The molecule has 0 amide bonds. The summed E-state index contributed by atoms with van der Waals surface area (Å²) in [5.74, 6) is -0.779. The van der Waals surface area contributed by atoms with Crippen molar-refractivity contribution in [1.82, 2.24) is 9.97 Å². The third-order valence-corrected chi connectivity index (χ3v) is 4.06. The van der Waals surface area contributed by atoms with E-state index in [2.05, 4.69) is 9.97 Å². The molecule has 2 aromatic carbocycles. The second kappa shape index (κ2) is 6.08. The van der Waals surface area contributed by atoms with Crippen LogP contribution in [-0.4, -0.2) is 21.7 Å². The predicted molar refractivity (Wildman–Crippen MR) is 86.6 cm³/mol. The lowest BCUT2D eigenvalue weighted by Gasteiger charge is -2.11. The minimum Gasteiger partial charge on any atom is -0.454 e. The molecule has 10 heteroatoms. The van der Waals surface area contributed by atoms with Gasteiger partial charge in [-0.1, -0.05) is 18.2 Å². The molecule has 7 nitrogen and oxygen atoms in total. The van der Waals surface area contributed by atoms with Crippen LogP contribution in [0.1, 0.15) is 17.1 Å². The lowest BCUT2D eigenvalue weighted by Crippen LogP contribution is -2.13. The van der Waals surface area contributed by atoms with Crippen molar-refractivity contribution in [2.24, 2.45) is 0 Å². The third-order valence-electron chi connectivity index (χ3n) is 4.06. The Hall–Kier alpha value is -3.43. The van der Waals surface area contributed by atoms with Gasteiger partial charge in [0.2, 0.25) is 12.6 Å². The lowest BCUT2D eigenvalue weighted by molar-refractivity contribution is -0.385. The van der Waals surface area contributed by atoms with Crippen LogP contribution in [0.25, 0.3) is 10.9 Å². The molecule has 0 bridgehead atoms. The number of benzene rings is 2. The lowest BCUT2D eigenvalue weighted by atomic mass is 10.0. The Morgan fingerprint density at radius 2 is 1.81 bits per heavy atom. The van der Waals surface area contributed by atoms with E-state index in [0.29, 0.717) is 11.1 Å². The van der Waals surface area contributed by atoms with E-state index in [-0.39, 0.29) is 41.4 Å². The van der Waals surface area contributed by atoms with Crippen molar-refractivity contribution in [2.45, 2.75) is 12.6 Å². The van der Waals surface area contributed by atoms with Crippen LogP contribution >= 0.6 is 0 Å². The SMILES string of the molecule is O=[N+]([O-])c1cc2c(cc1Cc1nc(C(F)(F)F)nc3ccccc13)OCO2. The van der Waals surface area contributed by atoms with Crippen molar-refractivity contribution in [3.8, 4) is 11.5 Å². The molecule has 0 N–H and O–H groups in total. The first-order valence-corrected chi connectivity index (χ1v) is 7.72. The largest absolute Gasteiger partial charge is 0.454 e. The minimum atomic E-state index is -4.74. The number of nitro groups is 1. The predicted octanol–water partition coefficient (Wildman–Crippen LogP) is 3.88. The highest BCUT2D eigenvalue weighted by molar-refractivity contribution is 5.81. The third kappa shape index (κ3) is 3.09. The number of para-hydroxylation sites is 1. The molecule has 0 radical (unpaired) electrons. The van der Waals surface area contributed by atoms with Gasteiger partial charge in [-0.3, -0.25) is 10.1 Å². The summed E-state index contributed by atoms with van der Waals surface area (Å²) < 4.78 is 49.8. The van der Waals surface area contributed by atoms with Crippen LogP contribution in [0.3, 0.4) is 0 Å². The fraction of sp³-hybridized carbons (Fsp3) is 0.176. The maximum atomic E-state index is 13.2. The Labute approximate surface area is 149 Å². The van der Waals surface area contributed by atoms with Crippen LogP contribution in [0.4, 0.5) is 18.9 Å². The molecule has 0 spiro atoms. The van der Waals surface area contributed by atoms with Gasteiger partial charge in [0.1, 0.15) is 0 Å². The van der Waals surface area contributed by atoms with Crippen molar-refractivity contribution >= 4 is 16.6 Å². The van der Waals surface area contributed by atoms with Crippen LogP contribution in [0.2, 0.25) is 0 Å². The zero-order chi connectivity index (χ0) is 19.2. The zero-order valence-electron chi connectivity index (χ0n) is 13.5. The Kier molecular flexibility index (Phi) is 3.83. The van der Waals surface area contributed by atoms with Crippen LogP contribution in [0.5, 0.6) is 11.5 Å². The monoisotopic (exact) mass is 377 g/mol. The summed E-state index contributed by atoms with van der Waals surface area (Å²) in [6, 6.07) is 8.79. The minimum absolute atomic E-state index is 0.0369. The highest BCUT2D eigenvalue weighted by atomic mass is 19.4. The van der Waals surface area contributed by atoms with Gasteiger partial charge in [-0.2, -0.15) is 13.2 Å². The summed E-state index contributed by atoms with van der Waals surface area (Å²) in [7, 11) is 0. The number of ether oxygens (including phenoxy) is 2. The maximum Gasteiger partial charge on any atom is 0.451 e. The van der Waals surface area contributed by atoms with Crippen LogP contribution in [0.15, 0.2) is 36.4 Å². The first-order valence-electron chi connectivity index (χ1n) is 7.72. The smallest absolute Gasteiger partial charge is 0.451 e. The highest BCUT2D eigenvalue weighted by Crippen LogP contribution is 2.39. The quantitative estimate of drug-likeness (QED) is 0.509. The molecule has 0 unspecified atom stereocenters. The molecule has 27 heavy (non-hydrogen) atoms. The van der Waals surface area contributed by atoms with Gasteiger partial charge in [-0.05, 0) is 12.1 Å². The normalized spacial score (nSPS) is 13.1. The number of rotatable bonds is 3. The fourth-order valence-electron chi connectivity index (χ4n) is 2.87. The number of nitrogens with zero attached hydrogens (tertiary/aromatic N) is 3. The van der Waals surface area contributed by atoms with Crippen molar-refractivity contribution in [3.63, 3.8) is 0 Å². The first-order chi connectivity index (χ1) is 12.8. The van der Waals surface area contributed by atoms with Gasteiger partial charge in [0.15, 0.2) is 11.5 Å². The fourth-order valence-corrected chi connectivity index (χ4v) is 2.87. The molecule has 4 rings (SSSR count). The van der Waals surface area contributed by atoms with E-state index in [1.807, 2.05) is 0 Å². The molecule has 0 atom stereocenters. The van der Waals surface area contributed by atoms with E-state index in [4.69, 9.17) is 9.47 Å². The van der Waals surface area contributed by atoms with Crippen LogP contribution in [0, 0.1) is 10.1 Å². The number of nitro benzene ring substituents is 1. The second-order valence-electron chi connectivity index (χ2n) is 5.78. The average molecular weight is 377 g/mol. The van der Waals surface area contributed by atoms with Gasteiger partial charge in [-0.25, -0.2) is 9.97 Å². The highest BCUT2D eigenvalue weighted by Gasteiger charge is 2.35. The zero-order valence-corrected chi connectivity index (χ0v) is 13.5. The van der Waals surface area contributed by atoms with Crippen molar-refractivity contribution in [1.29, 1.82) is 0 Å². The topological polar surface area (TPSA) is 87.4 Å². The number of hydrogen-bond donors (Lipinski definition) is 0. The van der Waals surface area contributed by atoms with E-state index in [1.165, 1.54) is 18.2 Å². The molecule has 3 aromatic rings. The van der Waals surface area contributed by atoms with E-state index in [1.54, 1.807) is 18.2 Å². The van der Waals surface area contributed by atoms with Gasteiger partial charge in [0.05, 0.1) is 22.2 Å². The number of halogens is 3. The molecule has 2 heterocycles. The van der Waals surface area contributed by atoms with Crippen molar-refractivity contribution in [3.05, 3.63) is 63.6 Å². The van der Waals surface area contributed by atoms with Crippen molar-refractivity contribution in [2.75, 3.05) is 6.79 Å². The van der Waals surface area contributed by atoms with Gasteiger partial charge >= 0.3 is 6.18 Å². The van der Waals surface area contributed by atoms with E-state index < -0.39 is 16.9 Å². The number of fused-ring (bicyclic) bond motifs is 2. The summed E-state index contributed by atoms with van der Waals surface area (Å²) in [6.45, 7) is -0.0788. The number of alkyl halides is 3. The molecule has 0 aliphatic carbocycles. The Morgan fingerprint density at radius 3 is 2.52 bits per heavy atom. The maximum absolute atomic E-state index is 13.2. The summed E-state index contributed by atoms with van der Waals surface area (Å²) in [5.41, 5.74) is 0.0323. The Bertz CT molecular complexity index is 1070. The second-order valence-corrected chi connectivity index (χ2v) is 5.78. The molecule has 0 fully saturated rings. The number of aromatic nitrogens is 2. The van der Waals surface area contributed by atoms with Crippen LogP contribution in [-0.2, 0) is 12.6 Å². The van der Waals surface area contributed by atoms with Gasteiger partial charge in [0.25, 0.3) is 5.69 Å². The van der Waals surface area contributed by atoms with Crippen LogP contribution < -0.4 is 9.47 Å². The molecule has 138 valence electrons. The first kappa shape index (κ1) is 17.0. The van der Waals surface area contributed by atoms with Crippen molar-refractivity contribution < 1.29 is 27.6 Å². The Morgan fingerprint density at radius 1 is 1.11 bits per heavy atom. The summed E-state index contributed by atoms with van der Waals surface area (Å²) in [5, 5.41) is 11.8.